The number of fused-ring (bicyclic) bond motifs is 1. The minimum atomic E-state index is -4.54. The molecule has 31 heavy (non-hydrogen) atoms. The maximum absolute atomic E-state index is 13.1. The molecule has 1 aromatic heterocycles. The highest BCUT2D eigenvalue weighted by Gasteiger charge is 2.30. The third-order valence-electron chi connectivity index (χ3n) is 5.48. The smallest absolute Gasteiger partial charge is 0.334 e. The molecule has 0 bridgehead atoms. The van der Waals surface area contributed by atoms with Gasteiger partial charge in [-0.25, -0.2) is 0 Å². The minimum Gasteiger partial charge on any atom is -0.334 e. The van der Waals surface area contributed by atoms with Crippen LogP contribution in [0.1, 0.15) is 15.9 Å². The van der Waals surface area contributed by atoms with Crippen LogP contribution in [0.3, 0.4) is 0 Å². The van der Waals surface area contributed by atoms with Crippen molar-refractivity contribution >= 4 is 29.0 Å². The number of aromatic nitrogens is 2. The number of aromatic amines is 1. The van der Waals surface area contributed by atoms with Crippen molar-refractivity contribution in [3.63, 3.8) is 0 Å². The molecule has 2 N–H and O–H groups in total. The first-order valence-electron chi connectivity index (χ1n) is 9.72. The number of amides is 1. The number of benzene rings is 2. The van der Waals surface area contributed by atoms with Gasteiger partial charge in [0, 0.05) is 5.56 Å². The Hall–Kier alpha value is -2.98. The van der Waals surface area contributed by atoms with Crippen LogP contribution in [-0.2, 0) is 6.18 Å². The molecule has 6 nitrogen and oxygen atoms in total. The lowest BCUT2D eigenvalue weighted by Crippen LogP contribution is -3.12. The topological polar surface area (TPSA) is 62.5 Å². The summed E-state index contributed by atoms with van der Waals surface area (Å²) in [6.07, 6.45) is -4.54. The molecule has 0 unspecified atom stereocenters. The standard InChI is InChI=1S/C21H19F3N4O2S/c1-26-7-9-27(10-8-26)18(29)13-5-6-16-17(11-13)25-20(31)28(19(16)30)15-4-2-3-14(12-15)21(22,23)24/h2-6,11-12H,7-10H2,1H3,(H,25,31)/p+1. The van der Waals surface area contributed by atoms with Crippen LogP contribution in [0.2, 0.25) is 0 Å². The fourth-order valence-electron chi connectivity index (χ4n) is 3.68. The number of H-pyrrole nitrogens is 1. The Morgan fingerprint density at radius 1 is 1.13 bits per heavy atom. The molecule has 0 saturated carbocycles. The molecule has 0 spiro atoms. The molecule has 1 aliphatic heterocycles. The zero-order valence-corrected chi connectivity index (χ0v) is 17.4. The third-order valence-corrected chi connectivity index (χ3v) is 5.77. The molecule has 10 heteroatoms. The monoisotopic (exact) mass is 449 g/mol. The van der Waals surface area contributed by atoms with Crippen LogP contribution in [-0.4, -0.2) is 53.6 Å². The van der Waals surface area contributed by atoms with Gasteiger partial charge in [0.1, 0.15) is 0 Å². The van der Waals surface area contributed by atoms with Gasteiger partial charge in [-0.15, -0.1) is 0 Å². The van der Waals surface area contributed by atoms with E-state index in [-0.39, 0.29) is 21.8 Å². The predicted molar refractivity (Wildman–Crippen MR) is 112 cm³/mol. The zero-order valence-electron chi connectivity index (χ0n) is 16.6. The minimum absolute atomic E-state index is 0.0167. The summed E-state index contributed by atoms with van der Waals surface area (Å²) in [5.74, 6) is -0.129. The molecule has 2 aromatic carbocycles. The lowest BCUT2D eigenvalue weighted by Gasteiger charge is -2.30. The van der Waals surface area contributed by atoms with E-state index in [0.717, 1.165) is 29.8 Å². The van der Waals surface area contributed by atoms with E-state index in [2.05, 4.69) is 12.0 Å². The number of quaternary nitrogens is 1. The molecule has 0 radical (unpaired) electrons. The normalized spacial score (nSPS) is 15.4. The van der Waals surface area contributed by atoms with E-state index in [4.69, 9.17) is 12.2 Å². The van der Waals surface area contributed by atoms with Gasteiger partial charge in [-0.1, -0.05) is 6.07 Å². The van der Waals surface area contributed by atoms with Crippen molar-refractivity contribution in [2.45, 2.75) is 6.18 Å². The summed E-state index contributed by atoms with van der Waals surface area (Å²) in [6.45, 7) is 3.03. The molecule has 0 atom stereocenters. The highest BCUT2D eigenvalue weighted by molar-refractivity contribution is 7.71. The average Bonchev–Trinajstić information content (AvgIpc) is 2.73. The maximum atomic E-state index is 13.1. The second-order valence-corrected chi connectivity index (χ2v) is 8.02. The van der Waals surface area contributed by atoms with Crippen molar-refractivity contribution in [3.05, 3.63) is 68.7 Å². The zero-order chi connectivity index (χ0) is 22.3. The molecular weight excluding hydrogens is 429 g/mol. The second-order valence-electron chi connectivity index (χ2n) is 7.63. The summed E-state index contributed by atoms with van der Waals surface area (Å²) < 4.78 is 40.2. The number of likely N-dealkylation sites (N-methyl/N-ethyl adjacent to an activating group) is 1. The summed E-state index contributed by atoms with van der Waals surface area (Å²) >= 11 is 5.26. The van der Waals surface area contributed by atoms with Crippen LogP contribution in [0.4, 0.5) is 13.2 Å². The number of rotatable bonds is 2. The van der Waals surface area contributed by atoms with Gasteiger partial charge < -0.3 is 14.8 Å². The first-order valence-corrected chi connectivity index (χ1v) is 10.1. The quantitative estimate of drug-likeness (QED) is 0.589. The molecule has 2 heterocycles. The van der Waals surface area contributed by atoms with Crippen molar-refractivity contribution in [3.8, 4) is 5.69 Å². The van der Waals surface area contributed by atoms with Gasteiger partial charge in [0.2, 0.25) is 0 Å². The highest BCUT2D eigenvalue weighted by Crippen LogP contribution is 2.30. The lowest BCUT2D eigenvalue weighted by molar-refractivity contribution is -0.883. The van der Waals surface area contributed by atoms with E-state index in [1.807, 2.05) is 0 Å². The van der Waals surface area contributed by atoms with Crippen LogP contribution in [0.25, 0.3) is 16.6 Å². The Bertz CT molecular complexity index is 1270. The molecule has 1 aliphatic rings. The summed E-state index contributed by atoms with van der Waals surface area (Å²) in [4.78, 5) is 31.9. The number of hydrogen-bond donors (Lipinski definition) is 2. The fraction of sp³-hybridized carbons (Fsp3) is 0.286. The number of carbonyl (C=O) groups is 1. The van der Waals surface area contributed by atoms with Crippen LogP contribution < -0.4 is 10.5 Å². The first-order chi connectivity index (χ1) is 14.6. The summed E-state index contributed by atoms with van der Waals surface area (Å²) in [7, 11) is 2.08. The maximum Gasteiger partial charge on any atom is 0.416 e. The summed E-state index contributed by atoms with van der Waals surface area (Å²) in [5.41, 5.74) is -0.623. The van der Waals surface area contributed by atoms with Crippen LogP contribution >= 0.6 is 12.2 Å². The SMILES string of the molecule is C[NH+]1CCN(C(=O)c2ccc3c(=O)n(-c4cccc(C(F)(F)F)c4)c(=S)[nH]c3c2)CC1. The number of halogens is 3. The molecule has 3 aromatic rings. The van der Waals surface area contributed by atoms with Crippen molar-refractivity contribution in [1.29, 1.82) is 0 Å². The van der Waals surface area contributed by atoms with Crippen molar-refractivity contribution < 1.29 is 22.9 Å². The first kappa shape index (κ1) is 21.3. The largest absolute Gasteiger partial charge is 0.416 e. The Morgan fingerprint density at radius 2 is 1.84 bits per heavy atom. The van der Waals surface area contributed by atoms with Gasteiger partial charge in [-0.3, -0.25) is 14.2 Å². The molecule has 1 amide bonds. The molecule has 0 aliphatic carbocycles. The van der Waals surface area contributed by atoms with E-state index in [0.29, 0.717) is 24.2 Å². The Balaban J connectivity index is 1.75. The number of piperazine rings is 1. The molecule has 1 saturated heterocycles. The second kappa shape index (κ2) is 7.93. The molecule has 4 rings (SSSR count). The van der Waals surface area contributed by atoms with Gasteiger partial charge in [0.25, 0.3) is 11.5 Å². The third kappa shape index (κ3) is 4.13. The van der Waals surface area contributed by atoms with E-state index < -0.39 is 17.3 Å². The molecule has 162 valence electrons. The van der Waals surface area contributed by atoms with E-state index in [1.165, 1.54) is 23.1 Å². The van der Waals surface area contributed by atoms with E-state index >= 15 is 0 Å². The van der Waals surface area contributed by atoms with E-state index in [1.54, 1.807) is 17.0 Å². The van der Waals surface area contributed by atoms with Gasteiger partial charge in [0.05, 0.1) is 55.4 Å². The number of nitrogens with one attached hydrogen (secondary N) is 2. The van der Waals surface area contributed by atoms with E-state index in [9.17, 15) is 22.8 Å². The predicted octanol–water partition coefficient (Wildman–Crippen LogP) is 2.04. The van der Waals surface area contributed by atoms with Crippen LogP contribution in [0.15, 0.2) is 47.3 Å². The molecular formula is C21H20F3N4O2S+. The van der Waals surface area contributed by atoms with Gasteiger partial charge >= 0.3 is 6.18 Å². The number of hydrogen-bond acceptors (Lipinski definition) is 3. The number of nitrogens with zero attached hydrogens (tertiary/aromatic N) is 2. The average molecular weight is 449 g/mol. The highest BCUT2D eigenvalue weighted by atomic mass is 32.1. The number of carbonyl (C=O) groups excluding carboxylic acids is 1. The van der Waals surface area contributed by atoms with Crippen molar-refractivity contribution in [1.82, 2.24) is 14.5 Å². The van der Waals surface area contributed by atoms with Gasteiger partial charge in [-0.2, -0.15) is 13.2 Å². The van der Waals surface area contributed by atoms with Gasteiger partial charge in [-0.05, 0) is 48.6 Å². The van der Waals surface area contributed by atoms with Crippen molar-refractivity contribution in [2.24, 2.45) is 0 Å². The number of alkyl halides is 3. The summed E-state index contributed by atoms with van der Waals surface area (Å²) in [6, 6.07) is 9.05. The van der Waals surface area contributed by atoms with Crippen LogP contribution in [0, 0.1) is 4.77 Å². The Morgan fingerprint density at radius 3 is 2.52 bits per heavy atom. The van der Waals surface area contributed by atoms with Crippen LogP contribution in [0.5, 0.6) is 0 Å². The van der Waals surface area contributed by atoms with Gasteiger partial charge in [0.15, 0.2) is 4.77 Å². The fourth-order valence-corrected chi connectivity index (χ4v) is 3.98. The Kier molecular flexibility index (Phi) is 5.44. The summed E-state index contributed by atoms with van der Waals surface area (Å²) in [5, 5.41) is 0.227. The van der Waals surface area contributed by atoms with Crippen molar-refractivity contribution in [2.75, 3.05) is 33.2 Å². The lowest BCUT2D eigenvalue weighted by atomic mass is 10.1. The molecule has 1 fully saturated rings. The Labute approximate surface area is 180 Å².